The lowest BCUT2D eigenvalue weighted by Crippen LogP contribution is -2.59. The summed E-state index contributed by atoms with van der Waals surface area (Å²) in [5.74, 6) is 0. The van der Waals surface area contributed by atoms with Crippen molar-refractivity contribution >= 4 is 0 Å². The first-order valence-electron chi connectivity index (χ1n) is 4.99. The van der Waals surface area contributed by atoms with Gasteiger partial charge in [0.2, 0.25) is 0 Å². The molecule has 0 spiro atoms. The van der Waals surface area contributed by atoms with Crippen molar-refractivity contribution in [2.45, 2.75) is 45.3 Å². The first-order chi connectivity index (χ1) is 5.95. The molecule has 1 aliphatic carbocycles. The molecule has 0 bridgehead atoms. The largest absolute Gasteiger partial charge is 0.389 e. The molecule has 0 aromatic rings. The monoisotopic (exact) mass is 187 g/mol. The molecular weight excluding hydrogens is 166 g/mol. The van der Waals surface area contributed by atoms with Gasteiger partial charge in [0.1, 0.15) is 0 Å². The Bertz CT molecular complexity index is 174. The number of nitrogens with two attached hydrogens (primary N) is 1. The maximum absolute atomic E-state index is 10.2. The van der Waals surface area contributed by atoms with Crippen molar-refractivity contribution in [2.24, 2.45) is 11.1 Å². The molecule has 0 radical (unpaired) electrons. The van der Waals surface area contributed by atoms with Gasteiger partial charge in [-0.15, -0.1) is 0 Å². The van der Waals surface area contributed by atoms with E-state index in [4.69, 9.17) is 10.5 Å². The number of hydrogen-bond donors (Lipinski definition) is 2. The molecule has 0 atom stereocenters. The summed E-state index contributed by atoms with van der Waals surface area (Å²) in [5, 5.41) is 10.2. The third kappa shape index (κ3) is 1.87. The molecule has 0 amide bonds. The van der Waals surface area contributed by atoms with Crippen molar-refractivity contribution in [3.63, 3.8) is 0 Å². The van der Waals surface area contributed by atoms with E-state index in [9.17, 15) is 5.11 Å². The second-order valence-corrected chi connectivity index (χ2v) is 4.61. The van der Waals surface area contributed by atoms with E-state index in [0.717, 1.165) is 19.4 Å². The molecule has 0 unspecified atom stereocenters. The molecule has 3 heteroatoms. The van der Waals surface area contributed by atoms with Gasteiger partial charge in [-0.3, -0.25) is 0 Å². The summed E-state index contributed by atoms with van der Waals surface area (Å²) in [5.41, 5.74) is 4.82. The molecule has 1 aliphatic rings. The standard InChI is InChI=1S/C10H21NO2/c1-4-13-8-5-10(12,6-8)9(2,3)7-11/h8,12H,4-7,11H2,1-3H3. The number of ether oxygens (including phenoxy) is 1. The molecule has 3 nitrogen and oxygen atoms in total. The van der Waals surface area contributed by atoms with Gasteiger partial charge >= 0.3 is 0 Å². The Labute approximate surface area is 80.3 Å². The molecule has 3 N–H and O–H groups in total. The molecule has 1 rings (SSSR count). The predicted octanol–water partition coefficient (Wildman–Crippen LogP) is 0.901. The van der Waals surface area contributed by atoms with Crippen LogP contribution in [0.5, 0.6) is 0 Å². The lowest BCUT2D eigenvalue weighted by atomic mass is 9.61. The molecule has 0 aromatic heterocycles. The molecule has 0 heterocycles. The first-order valence-corrected chi connectivity index (χ1v) is 4.99. The fourth-order valence-electron chi connectivity index (χ4n) is 1.79. The highest BCUT2D eigenvalue weighted by Gasteiger charge is 2.52. The molecule has 78 valence electrons. The predicted molar refractivity (Wildman–Crippen MR) is 52.4 cm³/mol. The van der Waals surface area contributed by atoms with E-state index >= 15 is 0 Å². The molecule has 1 fully saturated rings. The highest BCUT2D eigenvalue weighted by molar-refractivity contribution is 5.04. The normalized spacial score (nSPS) is 34.4. The van der Waals surface area contributed by atoms with E-state index in [-0.39, 0.29) is 11.5 Å². The minimum absolute atomic E-state index is 0.194. The van der Waals surface area contributed by atoms with Crippen LogP contribution >= 0.6 is 0 Å². The average Bonchev–Trinajstić information content (AvgIpc) is 2.01. The van der Waals surface area contributed by atoms with Crippen LogP contribution in [0.1, 0.15) is 33.6 Å². The van der Waals surface area contributed by atoms with Crippen LogP contribution < -0.4 is 5.73 Å². The van der Waals surface area contributed by atoms with Crippen LogP contribution in [0.25, 0.3) is 0 Å². The second-order valence-electron chi connectivity index (χ2n) is 4.61. The minimum Gasteiger partial charge on any atom is -0.389 e. The maximum Gasteiger partial charge on any atom is 0.0759 e. The number of aliphatic hydroxyl groups is 1. The van der Waals surface area contributed by atoms with Gasteiger partial charge in [0.15, 0.2) is 0 Å². The Kier molecular flexibility index (Phi) is 3.00. The fraction of sp³-hybridized carbons (Fsp3) is 1.00. The van der Waals surface area contributed by atoms with Crippen LogP contribution in [0.4, 0.5) is 0 Å². The Morgan fingerprint density at radius 2 is 2.08 bits per heavy atom. The Morgan fingerprint density at radius 1 is 1.54 bits per heavy atom. The van der Waals surface area contributed by atoms with Gasteiger partial charge in [-0.25, -0.2) is 0 Å². The zero-order valence-corrected chi connectivity index (χ0v) is 8.84. The molecule has 0 aromatic carbocycles. The van der Waals surface area contributed by atoms with Gasteiger partial charge in [-0.2, -0.15) is 0 Å². The summed E-state index contributed by atoms with van der Waals surface area (Å²) >= 11 is 0. The number of rotatable bonds is 4. The summed E-state index contributed by atoms with van der Waals surface area (Å²) in [6.45, 7) is 7.24. The van der Waals surface area contributed by atoms with E-state index in [0.29, 0.717) is 6.54 Å². The third-order valence-corrected chi connectivity index (χ3v) is 3.30. The van der Waals surface area contributed by atoms with E-state index in [2.05, 4.69) is 0 Å². The van der Waals surface area contributed by atoms with Crippen molar-refractivity contribution in [2.75, 3.05) is 13.2 Å². The van der Waals surface area contributed by atoms with Crippen molar-refractivity contribution < 1.29 is 9.84 Å². The molecule has 1 saturated carbocycles. The third-order valence-electron chi connectivity index (χ3n) is 3.30. The Hall–Kier alpha value is -0.120. The van der Waals surface area contributed by atoms with Gasteiger partial charge in [-0.1, -0.05) is 13.8 Å². The summed E-state index contributed by atoms with van der Waals surface area (Å²) in [6, 6.07) is 0. The lowest BCUT2D eigenvalue weighted by molar-refractivity contribution is -0.190. The summed E-state index contributed by atoms with van der Waals surface area (Å²) in [6.07, 6.45) is 1.69. The highest BCUT2D eigenvalue weighted by atomic mass is 16.5. The second kappa shape index (κ2) is 3.56. The van der Waals surface area contributed by atoms with Gasteiger partial charge in [0.25, 0.3) is 0 Å². The van der Waals surface area contributed by atoms with Crippen molar-refractivity contribution in [3.05, 3.63) is 0 Å². The van der Waals surface area contributed by atoms with E-state index in [1.54, 1.807) is 0 Å². The summed E-state index contributed by atoms with van der Waals surface area (Å²) in [7, 11) is 0. The minimum atomic E-state index is -0.610. The van der Waals surface area contributed by atoms with E-state index in [1.165, 1.54) is 0 Å². The topological polar surface area (TPSA) is 55.5 Å². The quantitative estimate of drug-likeness (QED) is 0.687. The zero-order chi connectivity index (χ0) is 10.1. The lowest BCUT2D eigenvalue weighted by Gasteiger charge is -2.52. The van der Waals surface area contributed by atoms with Gasteiger partial charge in [0, 0.05) is 31.4 Å². The number of hydrogen-bond acceptors (Lipinski definition) is 3. The van der Waals surface area contributed by atoms with Crippen molar-refractivity contribution in [3.8, 4) is 0 Å². The molecule has 0 saturated heterocycles. The molecule has 13 heavy (non-hydrogen) atoms. The fourth-order valence-corrected chi connectivity index (χ4v) is 1.79. The zero-order valence-electron chi connectivity index (χ0n) is 8.84. The van der Waals surface area contributed by atoms with Crippen molar-refractivity contribution in [1.82, 2.24) is 0 Å². The Balaban J connectivity index is 2.45. The van der Waals surface area contributed by atoms with Gasteiger partial charge in [-0.05, 0) is 6.92 Å². The van der Waals surface area contributed by atoms with Crippen LogP contribution in [0.2, 0.25) is 0 Å². The Morgan fingerprint density at radius 3 is 2.46 bits per heavy atom. The van der Waals surface area contributed by atoms with Crippen molar-refractivity contribution in [1.29, 1.82) is 0 Å². The van der Waals surface area contributed by atoms with Crippen LogP contribution in [-0.2, 0) is 4.74 Å². The van der Waals surface area contributed by atoms with Crippen LogP contribution in [-0.4, -0.2) is 30.0 Å². The molecule has 0 aliphatic heterocycles. The van der Waals surface area contributed by atoms with Crippen LogP contribution in [0, 0.1) is 5.41 Å². The maximum atomic E-state index is 10.2. The summed E-state index contributed by atoms with van der Waals surface area (Å²) < 4.78 is 5.41. The highest BCUT2D eigenvalue weighted by Crippen LogP contribution is 2.46. The van der Waals surface area contributed by atoms with E-state index < -0.39 is 5.60 Å². The summed E-state index contributed by atoms with van der Waals surface area (Å²) in [4.78, 5) is 0. The SMILES string of the molecule is CCOC1CC(O)(C(C)(C)CN)C1. The molecular formula is C10H21NO2. The smallest absolute Gasteiger partial charge is 0.0759 e. The van der Waals surface area contributed by atoms with E-state index in [1.807, 2.05) is 20.8 Å². The van der Waals surface area contributed by atoms with Gasteiger partial charge < -0.3 is 15.6 Å². The average molecular weight is 187 g/mol. The van der Waals surface area contributed by atoms with Crippen LogP contribution in [0.3, 0.4) is 0 Å². The van der Waals surface area contributed by atoms with Gasteiger partial charge in [0.05, 0.1) is 11.7 Å². The van der Waals surface area contributed by atoms with Crippen LogP contribution in [0.15, 0.2) is 0 Å². The first kappa shape index (κ1) is 11.0.